The smallest absolute Gasteiger partial charge is 0.295 e. The van der Waals surface area contributed by atoms with E-state index in [0.29, 0.717) is 23.7 Å². The van der Waals surface area contributed by atoms with Crippen molar-refractivity contribution in [3.63, 3.8) is 0 Å². The molecule has 1 N–H and O–H groups in total. The van der Waals surface area contributed by atoms with Crippen LogP contribution in [0.25, 0.3) is 5.78 Å². The van der Waals surface area contributed by atoms with E-state index < -0.39 is 15.9 Å². The lowest BCUT2D eigenvalue weighted by atomic mass is 10.3. The van der Waals surface area contributed by atoms with Gasteiger partial charge in [0.15, 0.2) is 0 Å². The van der Waals surface area contributed by atoms with Crippen LogP contribution >= 0.6 is 0 Å². The zero-order valence-corrected chi connectivity index (χ0v) is 17.6. The first kappa shape index (κ1) is 20.0. The molecule has 11 heteroatoms. The van der Waals surface area contributed by atoms with Crippen LogP contribution in [0.5, 0.6) is 0 Å². The fourth-order valence-electron chi connectivity index (χ4n) is 3.26. The van der Waals surface area contributed by atoms with Crippen LogP contribution in [0.3, 0.4) is 0 Å². The molecule has 1 fully saturated rings. The molecule has 0 spiro atoms. The molecule has 3 heterocycles. The standard InChI is InChI=1S/C19H21N7O3S/c1-12-11-13(2)26-19(20-12)22-17(23-26)18(27)21-14-6-8-15(9-7-14)30(28,29)24-16-5-4-10-25(16)3/h6-9,11H,4-5,10H2,1-3H3,(H,21,27)/b24-16-. The van der Waals surface area contributed by atoms with E-state index in [1.807, 2.05) is 31.9 Å². The minimum absolute atomic E-state index is 0.0245. The van der Waals surface area contributed by atoms with Gasteiger partial charge in [0.05, 0.1) is 4.90 Å². The molecule has 0 aliphatic carbocycles. The van der Waals surface area contributed by atoms with E-state index in [9.17, 15) is 13.2 Å². The molecule has 1 amide bonds. The summed E-state index contributed by atoms with van der Waals surface area (Å²) in [4.78, 5) is 22.8. The van der Waals surface area contributed by atoms with Gasteiger partial charge < -0.3 is 10.2 Å². The van der Waals surface area contributed by atoms with E-state index in [1.165, 1.54) is 28.8 Å². The topological polar surface area (TPSA) is 122 Å². The second-order valence-electron chi connectivity index (χ2n) is 7.17. The Balaban J connectivity index is 1.52. The third-order valence-electron chi connectivity index (χ3n) is 4.79. The average molecular weight is 427 g/mol. The third kappa shape index (κ3) is 3.88. The maximum absolute atomic E-state index is 12.5. The minimum Gasteiger partial charge on any atom is -0.362 e. The number of sulfonamides is 1. The van der Waals surface area contributed by atoms with Crippen molar-refractivity contribution in [2.45, 2.75) is 31.6 Å². The first-order valence-corrected chi connectivity index (χ1v) is 10.8. The number of anilines is 1. The van der Waals surface area contributed by atoms with E-state index in [-0.39, 0.29) is 10.7 Å². The summed E-state index contributed by atoms with van der Waals surface area (Å²) in [6, 6.07) is 7.68. The lowest BCUT2D eigenvalue weighted by Crippen LogP contribution is -2.20. The number of benzene rings is 1. The number of fused-ring (bicyclic) bond motifs is 1. The number of aryl methyl sites for hydroxylation is 2. The van der Waals surface area contributed by atoms with E-state index >= 15 is 0 Å². The molecule has 30 heavy (non-hydrogen) atoms. The first-order valence-electron chi connectivity index (χ1n) is 9.40. The van der Waals surface area contributed by atoms with Crippen molar-refractivity contribution >= 4 is 33.2 Å². The van der Waals surface area contributed by atoms with Crippen LogP contribution in [-0.2, 0) is 10.0 Å². The Morgan fingerprint density at radius 3 is 2.57 bits per heavy atom. The van der Waals surface area contributed by atoms with Crippen molar-refractivity contribution in [2.24, 2.45) is 4.40 Å². The minimum atomic E-state index is -3.80. The fraction of sp³-hybridized carbons (Fsp3) is 0.316. The molecule has 0 saturated carbocycles. The number of likely N-dealkylation sites (tertiary alicyclic amines) is 1. The number of nitrogens with one attached hydrogen (secondary N) is 1. The largest absolute Gasteiger partial charge is 0.362 e. The van der Waals surface area contributed by atoms with Crippen LogP contribution in [0, 0.1) is 13.8 Å². The first-order chi connectivity index (χ1) is 14.2. The van der Waals surface area contributed by atoms with Crippen molar-refractivity contribution in [3.8, 4) is 0 Å². The second-order valence-corrected chi connectivity index (χ2v) is 8.78. The molecule has 1 aromatic carbocycles. The summed E-state index contributed by atoms with van der Waals surface area (Å²) >= 11 is 0. The van der Waals surface area contributed by atoms with Gasteiger partial charge in [0.1, 0.15) is 5.84 Å². The normalized spacial score (nSPS) is 15.8. The average Bonchev–Trinajstić information content (AvgIpc) is 3.28. The number of amides is 1. The second kappa shape index (κ2) is 7.48. The lowest BCUT2D eigenvalue weighted by Gasteiger charge is -2.11. The molecule has 1 aliphatic rings. The molecule has 1 saturated heterocycles. The van der Waals surface area contributed by atoms with Crippen molar-refractivity contribution in [1.29, 1.82) is 0 Å². The molecule has 156 valence electrons. The van der Waals surface area contributed by atoms with E-state index in [4.69, 9.17) is 0 Å². The van der Waals surface area contributed by atoms with Crippen molar-refractivity contribution in [3.05, 3.63) is 47.5 Å². The summed E-state index contributed by atoms with van der Waals surface area (Å²) < 4.78 is 30.5. The fourth-order valence-corrected chi connectivity index (χ4v) is 4.35. The highest BCUT2D eigenvalue weighted by molar-refractivity contribution is 7.90. The van der Waals surface area contributed by atoms with Crippen LogP contribution in [0.15, 0.2) is 39.6 Å². The molecular weight excluding hydrogens is 406 g/mol. The zero-order chi connectivity index (χ0) is 21.5. The molecule has 0 bridgehead atoms. The van der Waals surface area contributed by atoms with Crippen LogP contribution in [0.4, 0.5) is 5.69 Å². The number of amidine groups is 1. The van der Waals surface area contributed by atoms with Crippen molar-refractivity contribution < 1.29 is 13.2 Å². The van der Waals surface area contributed by atoms with Gasteiger partial charge in [-0.2, -0.15) is 13.4 Å². The zero-order valence-electron chi connectivity index (χ0n) is 16.8. The maximum Gasteiger partial charge on any atom is 0.295 e. The predicted octanol–water partition coefficient (Wildman–Crippen LogP) is 1.81. The van der Waals surface area contributed by atoms with Crippen molar-refractivity contribution in [2.75, 3.05) is 18.9 Å². The van der Waals surface area contributed by atoms with Gasteiger partial charge >= 0.3 is 0 Å². The lowest BCUT2D eigenvalue weighted by molar-refractivity contribution is 0.101. The summed E-state index contributed by atoms with van der Waals surface area (Å²) in [5.74, 6) is 0.365. The molecule has 0 radical (unpaired) electrons. The van der Waals surface area contributed by atoms with E-state index in [0.717, 1.165) is 24.4 Å². The maximum atomic E-state index is 12.5. The predicted molar refractivity (Wildman–Crippen MR) is 111 cm³/mol. The van der Waals surface area contributed by atoms with Gasteiger partial charge in [0, 0.05) is 37.1 Å². The van der Waals surface area contributed by atoms with Crippen LogP contribution in [0.1, 0.15) is 34.8 Å². The number of rotatable bonds is 4. The van der Waals surface area contributed by atoms with Gasteiger partial charge in [-0.15, -0.1) is 9.50 Å². The van der Waals surface area contributed by atoms with Crippen molar-refractivity contribution in [1.82, 2.24) is 24.5 Å². The summed E-state index contributed by atoms with van der Waals surface area (Å²) in [7, 11) is -1.98. The van der Waals surface area contributed by atoms with Gasteiger partial charge in [0.2, 0.25) is 5.82 Å². The molecule has 1 aliphatic heterocycles. The van der Waals surface area contributed by atoms with E-state index in [2.05, 4.69) is 24.8 Å². The Hall–Kier alpha value is -3.34. The highest BCUT2D eigenvalue weighted by Crippen LogP contribution is 2.19. The number of hydrogen-bond donors (Lipinski definition) is 1. The molecule has 0 unspecified atom stereocenters. The molecule has 10 nitrogen and oxygen atoms in total. The number of hydrogen-bond acceptors (Lipinski definition) is 6. The molecule has 2 aromatic heterocycles. The van der Waals surface area contributed by atoms with E-state index in [1.54, 1.807) is 0 Å². The van der Waals surface area contributed by atoms with Gasteiger partial charge in [0.25, 0.3) is 21.7 Å². The monoisotopic (exact) mass is 427 g/mol. The van der Waals surface area contributed by atoms with Crippen LogP contribution in [-0.4, -0.2) is 58.2 Å². The number of carbonyl (C=O) groups is 1. The third-order valence-corrected chi connectivity index (χ3v) is 6.11. The Morgan fingerprint density at radius 2 is 1.90 bits per heavy atom. The molecular formula is C19H21N7O3S. The summed E-state index contributed by atoms with van der Waals surface area (Å²) in [5.41, 5.74) is 2.01. The van der Waals surface area contributed by atoms with Crippen LogP contribution in [0.2, 0.25) is 0 Å². The van der Waals surface area contributed by atoms with Crippen LogP contribution < -0.4 is 5.32 Å². The molecule has 4 rings (SSSR count). The number of carbonyl (C=O) groups excluding carboxylic acids is 1. The Kier molecular flexibility index (Phi) is 4.98. The summed E-state index contributed by atoms with van der Waals surface area (Å²) in [6.45, 7) is 4.49. The number of nitrogens with zero attached hydrogens (tertiary/aromatic N) is 6. The van der Waals surface area contributed by atoms with Gasteiger partial charge in [-0.1, -0.05) is 0 Å². The highest BCUT2D eigenvalue weighted by Gasteiger charge is 2.21. The van der Waals surface area contributed by atoms with Gasteiger partial charge in [-0.3, -0.25) is 4.79 Å². The quantitative estimate of drug-likeness (QED) is 0.674. The Morgan fingerprint density at radius 1 is 1.17 bits per heavy atom. The summed E-state index contributed by atoms with van der Waals surface area (Å²) in [6.07, 6.45) is 1.53. The Labute approximate surface area is 173 Å². The Bertz CT molecular complexity index is 1260. The SMILES string of the molecule is Cc1cc(C)n2nc(C(=O)Nc3ccc(S(=O)(=O)/N=C4/CCCN4C)cc3)nc2n1. The van der Waals surface area contributed by atoms with Gasteiger partial charge in [-0.25, -0.2) is 9.50 Å². The summed E-state index contributed by atoms with van der Waals surface area (Å²) in [5, 5.41) is 6.85. The van der Waals surface area contributed by atoms with Gasteiger partial charge in [-0.05, 0) is 50.6 Å². The molecule has 3 aromatic rings. The highest BCUT2D eigenvalue weighted by atomic mass is 32.2. The number of aromatic nitrogens is 4. The molecule has 0 atom stereocenters.